The summed E-state index contributed by atoms with van der Waals surface area (Å²) in [4.78, 5) is 4.33. The highest BCUT2D eigenvalue weighted by atomic mass is 16.3. The minimum Gasteiger partial charge on any atom is -0.395 e. The Morgan fingerprint density at radius 2 is 1.19 bits per heavy atom. The molecular formula is C12H28N2O2. The van der Waals surface area contributed by atoms with Gasteiger partial charge in [0.1, 0.15) is 0 Å². The van der Waals surface area contributed by atoms with Crippen molar-refractivity contribution in [2.45, 2.75) is 25.7 Å². The third-order valence-electron chi connectivity index (χ3n) is 2.66. The summed E-state index contributed by atoms with van der Waals surface area (Å²) in [6.45, 7) is 3.87. The molecule has 0 spiro atoms. The lowest BCUT2D eigenvalue weighted by Crippen LogP contribution is -2.30. The summed E-state index contributed by atoms with van der Waals surface area (Å²) in [5, 5.41) is 17.7. The predicted molar refractivity (Wildman–Crippen MR) is 67.6 cm³/mol. The van der Waals surface area contributed by atoms with Gasteiger partial charge in [-0.25, -0.2) is 0 Å². The Bertz CT molecular complexity index is 137. The molecule has 0 bridgehead atoms. The molecule has 0 amide bonds. The molecule has 0 saturated heterocycles. The Kier molecular flexibility index (Phi) is 11.2. The molecule has 0 heterocycles. The van der Waals surface area contributed by atoms with E-state index in [0.717, 1.165) is 19.5 Å². The molecule has 0 unspecified atom stereocenters. The number of aliphatic hydroxyl groups excluding tert-OH is 2. The van der Waals surface area contributed by atoms with Crippen molar-refractivity contribution in [3.8, 4) is 0 Å². The van der Waals surface area contributed by atoms with Gasteiger partial charge in [0.15, 0.2) is 0 Å². The van der Waals surface area contributed by atoms with Crippen LogP contribution in [0.3, 0.4) is 0 Å². The van der Waals surface area contributed by atoms with E-state index in [9.17, 15) is 0 Å². The lowest BCUT2D eigenvalue weighted by molar-refractivity contribution is 0.159. The third-order valence-corrected chi connectivity index (χ3v) is 2.66. The molecule has 0 aromatic carbocycles. The Hall–Kier alpha value is -0.160. The fourth-order valence-electron chi connectivity index (χ4n) is 1.74. The van der Waals surface area contributed by atoms with Crippen molar-refractivity contribution in [3.63, 3.8) is 0 Å². The molecule has 0 aliphatic rings. The van der Waals surface area contributed by atoms with Crippen LogP contribution in [0.15, 0.2) is 0 Å². The monoisotopic (exact) mass is 232 g/mol. The minimum absolute atomic E-state index is 0.181. The van der Waals surface area contributed by atoms with Crippen molar-refractivity contribution in [2.75, 3.05) is 53.5 Å². The standard InChI is InChI=1S/C12H28N2O2/c1-13(2)7-5-3-4-6-8-14(9-11-15)10-12-16/h15-16H,3-12H2,1-2H3. The summed E-state index contributed by atoms with van der Waals surface area (Å²) < 4.78 is 0. The zero-order chi connectivity index (χ0) is 12.2. The molecule has 0 atom stereocenters. The van der Waals surface area contributed by atoms with Crippen molar-refractivity contribution in [1.82, 2.24) is 9.80 Å². The summed E-state index contributed by atoms with van der Waals surface area (Å²) in [5.41, 5.74) is 0. The van der Waals surface area contributed by atoms with Crippen LogP contribution in [0.5, 0.6) is 0 Å². The van der Waals surface area contributed by atoms with E-state index in [2.05, 4.69) is 23.9 Å². The molecule has 0 saturated carbocycles. The van der Waals surface area contributed by atoms with Crippen LogP contribution in [0.2, 0.25) is 0 Å². The molecule has 16 heavy (non-hydrogen) atoms. The van der Waals surface area contributed by atoms with Gasteiger partial charge >= 0.3 is 0 Å². The largest absolute Gasteiger partial charge is 0.395 e. The van der Waals surface area contributed by atoms with Crippen LogP contribution >= 0.6 is 0 Å². The molecule has 0 radical (unpaired) electrons. The van der Waals surface area contributed by atoms with Crippen LogP contribution in [-0.4, -0.2) is 73.5 Å². The number of rotatable bonds is 11. The van der Waals surface area contributed by atoms with E-state index < -0.39 is 0 Å². The van der Waals surface area contributed by atoms with Gasteiger partial charge in [-0.3, -0.25) is 4.90 Å². The van der Waals surface area contributed by atoms with Crippen molar-refractivity contribution in [3.05, 3.63) is 0 Å². The molecule has 0 aromatic heterocycles. The van der Waals surface area contributed by atoms with Crippen molar-refractivity contribution in [1.29, 1.82) is 0 Å². The summed E-state index contributed by atoms with van der Waals surface area (Å²) in [7, 11) is 4.20. The minimum atomic E-state index is 0.181. The average molecular weight is 232 g/mol. The predicted octanol–water partition coefficient (Wildman–Crippen LogP) is 0.395. The second kappa shape index (κ2) is 11.3. The Morgan fingerprint density at radius 1 is 0.688 bits per heavy atom. The van der Waals surface area contributed by atoms with Gasteiger partial charge in [-0.1, -0.05) is 12.8 Å². The van der Waals surface area contributed by atoms with E-state index in [1.165, 1.54) is 19.3 Å². The summed E-state index contributed by atoms with van der Waals surface area (Å²) in [5.74, 6) is 0. The van der Waals surface area contributed by atoms with Crippen LogP contribution in [-0.2, 0) is 0 Å². The first kappa shape index (κ1) is 15.8. The zero-order valence-corrected chi connectivity index (χ0v) is 10.9. The highest BCUT2D eigenvalue weighted by Gasteiger charge is 2.02. The SMILES string of the molecule is CN(C)CCCCCCN(CCO)CCO. The van der Waals surface area contributed by atoms with E-state index in [1.54, 1.807) is 0 Å². The molecule has 0 rings (SSSR count). The molecule has 0 fully saturated rings. The average Bonchev–Trinajstić information content (AvgIpc) is 2.23. The van der Waals surface area contributed by atoms with E-state index >= 15 is 0 Å². The normalized spacial score (nSPS) is 11.6. The third kappa shape index (κ3) is 10.4. The molecule has 0 aliphatic carbocycles. The molecule has 0 aromatic rings. The zero-order valence-electron chi connectivity index (χ0n) is 10.9. The lowest BCUT2D eigenvalue weighted by atomic mass is 10.2. The van der Waals surface area contributed by atoms with Crippen molar-refractivity contribution < 1.29 is 10.2 Å². The number of hydrogen-bond acceptors (Lipinski definition) is 4. The van der Waals surface area contributed by atoms with Gasteiger partial charge in [-0.05, 0) is 40.0 Å². The fraction of sp³-hybridized carbons (Fsp3) is 1.00. The Morgan fingerprint density at radius 3 is 1.62 bits per heavy atom. The smallest absolute Gasteiger partial charge is 0.0558 e. The van der Waals surface area contributed by atoms with Crippen LogP contribution in [0, 0.1) is 0 Å². The van der Waals surface area contributed by atoms with Crippen LogP contribution in [0.4, 0.5) is 0 Å². The maximum absolute atomic E-state index is 8.84. The summed E-state index contributed by atoms with van der Waals surface area (Å²) in [6.07, 6.45) is 4.92. The second-order valence-electron chi connectivity index (χ2n) is 4.51. The quantitative estimate of drug-likeness (QED) is 0.506. The topological polar surface area (TPSA) is 46.9 Å². The van der Waals surface area contributed by atoms with E-state index in [1.807, 2.05) is 0 Å². The molecular weight excluding hydrogens is 204 g/mol. The van der Waals surface area contributed by atoms with Gasteiger partial charge < -0.3 is 15.1 Å². The molecule has 4 heteroatoms. The first-order valence-corrected chi connectivity index (χ1v) is 6.29. The maximum Gasteiger partial charge on any atom is 0.0558 e. The highest BCUT2D eigenvalue weighted by Crippen LogP contribution is 2.02. The Labute approximate surface area is 99.9 Å². The lowest BCUT2D eigenvalue weighted by Gasteiger charge is -2.19. The first-order valence-electron chi connectivity index (χ1n) is 6.29. The van der Waals surface area contributed by atoms with Gasteiger partial charge in [0.2, 0.25) is 0 Å². The molecule has 4 nitrogen and oxygen atoms in total. The number of aliphatic hydroxyl groups is 2. The van der Waals surface area contributed by atoms with Crippen LogP contribution < -0.4 is 0 Å². The van der Waals surface area contributed by atoms with E-state index in [0.29, 0.717) is 13.1 Å². The first-order chi connectivity index (χ1) is 7.70. The highest BCUT2D eigenvalue weighted by molar-refractivity contribution is 4.57. The second-order valence-corrected chi connectivity index (χ2v) is 4.51. The number of nitrogens with zero attached hydrogens (tertiary/aromatic N) is 2. The molecule has 2 N–H and O–H groups in total. The molecule has 0 aliphatic heterocycles. The van der Waals surface area contributed by atoms with E-state index in [4.69, 9.17) is 10.2 Å². The summed E-state index contributed by atoms with van der Waals surface area (Å²) in [6, 6.07) is 0. The van der Waals surface area contributed by atoms with Crippen LogP contribution in [0.25, 0.3) is 0 Å². The Balaban J connectivity index is 3.32. The number of unbranched alkanes of at least 4 members (excludes halogenated alkanes) is 3. The fourth-order valence-corrected chi connectivity index (χ4v) is 1.74. The van der Waals surface area contributed by atoms with Gasteiger partial charge in [0.05, 0.1) is 13.2 Å². The number of hydrogen-bond donors (Lipinski definition) is 2. The van der Waals surface area contributed by atoms with Gasteiger partial charge in [0.25, 0.3) is 0 Å². The maximum atomic E-state index is 8.84. The van der Waals surface area contributed by atoms with Crippen molar-refractivity contribution >= 4 is 0 Å². The molecule has 98 valence electrons. The van der Waals surface area contributed by atoms with E-state index in [-0.39, 0.29) is 13.2 Å². The van der Waals surface area contributed by atoms with Crippen LogP contribution in [0.1, 0.15) is 25.7 Å². The summed E-state index contributed by atoms with van der Waals surface area (Å²) >= 11 is 0. The van der Waals surface area contributed by atoms with Gasteiger partial charge in [-0.15, -0.1) is 0 Å². The van der Waals surface area contributed by atoms with Gasteiger partial charge in [-0.2, -0.15) is 0 Å². The van der Waals surface area contributed by atoms with Crippen molar-refractivity contribution in [2.24, 2.45) is 0 Å². The van der Waals surface area contributed by atoms with Gasteiger partial charge in [0, 0.05) is 13.1 Å².